The molecule has 0 radical (unpaired) electrons. The predicted molar refractivity (Wildman–Crippen MR) is 87.4 cm³/mol. The van der Waals surface area contributed by atoms with Gasteiger partial charge in [-0.05, 0) is 42.3 Å². The SMILES string of the molecule is CCNCc1sc2c(C)cc(C)cc2c1C(C)(C)C. The van der Waals surface area contributed by atoms with Gasteiger partial charge in [-0.3, -0.25) is 0 Å². The Kier molecular flexibility index (Phi) is 4.03. The Labute approximate surface area is 121 Å². The Hall–Kier alpha value is -0.860. The van der Waals surface area contributed by atoms with E-state index in [4.69, 9.17) is 0 Å². The molecule has 104 valence electrons. The van der Waals surface area contributed by atoms with Crippen LogP contribution >= 0.6 is 11.3 Å². The van der Waals surface area contributed by atoms with E-state index in [0.29, 0.717) is 0 Å². The summed E-state index contributed by atoms with van der Waals surface area (Å²) < 4.78 is 1.46. The average molecular weight is 275 g/mol. The molecule has 0 amide bonds. The van der Waals surface area contributed by atoms with Gasteiger partial charge in [-0.2, -0.15) is 0 Å². The van der Waals surface area contributed by atoms with Crippen LogP contribution in [0.2, 0.25) is 0 Å². The van der Waals surface area contributed by atoms with Crippen molar-refractivity contribution in [3.8, 4) is 0 Å². The fraction of sp³-hybridized carbons (Fsp3) is 0.529. The maximum Gasteiger partial charge on any atom is 0.0378 e. The van der Waals surface area contributed by atoms with Crippen LogP contribution in [0.1, 0.15) is 49.3 Å². The molecule has 2 heteroatoms. The van der Waals surface area contributed by atoms with Crippen molar-refractivity contribution < 1.29 is 0 Å². The van der Waals surface area contributed by atoms with Gasteiger partial charge < -0.3 is 5.32 Å². The van der Waals surface area contributed by atoms with Crippen molar-refractivity contribution in [1.29, 1.82) is 0 Å². The number of rotatable bonds is 3. The molecule has 0 aliphatic rings. The zero-order valence-electron chi connectivity index (χ0n) is 13.0. The van der Waals surface area contributed by atoms with E-state index in [2.05, 4.69) is 59.0 Å². The van der Waals surface area contributed by atoms with Gasteiger partial charge in [-0.25, -0.2) is 0 Å². The van der Waals surface area contributed by atoms with Gasteiger partial charge in [0.25, 0.3) is 0 Å². The van der Waals surface area contributed by atoms with Crippen molar-refractivity contribution in [2.75, 3.05) is 6.54 Å². The molecule has 1 heterocycles. The third kappa shape index (κ3) is 2.85. The molecular weight excluding hydrogens is 250 g/mol. The molecule has 0 atom stereocenters. The summed E-state index contributed by atoms with van der Waals surface area (Å²) in [5.74, 6) is 0. The summed E-state index contributed by atoms with van der Waals surface area (Å²) in [6.45, 7) is 15.6. The van der Waals surface area contributed by atoms with Crippen LogP contribution < -0.4 is 5.32 Å². The lowest BCUT2D eigenvalue weighted by Gasteiger charge is -2.21. The summed E-state index contributed by atoms with van der Waals surface area (Å²) in [5.41, 5.74) is 4.50. The molecule has 1 nitrogen and oxygen atoms in total. The van der Waals surface area contributed by atoms with Crippen LogP contribution in [0.4, 0.5) is 0 Å². The fourth-order valence-corrected chi connectivity index (χ4v) is 4.21. The number of benzene rings is 1. The van der Waals surface area contributed by atoms with E-state index < -0.39 is 0 Å². The molecule has 0 aliphatic carbocycles. The molecule has 0 bridgehead atoms. The number of aryl methyl sites for hydroxylation is 2. The Morgan fingerprint density at radius 2 is 1.84 bits per heavy atom. The summed E-state index contributed by atoms with van der Waals surface area (Å²) in [7, 11) is 0. The van der Waals surface area contributed by atoms with Gasteiger partial charge in [-0.1, -0.05) is 45.4 Å². The van der Waals surface area contributed by atoms with E-state index in [1.54, 1.807) is 0 Å². The van der Waals surface area contributed by atoms with Gasteiger partial charge >= 0.3 is 0 Å². The fourth-order valence-electron chi connectivity index (χ4n) is 2.79. The van der Waals surface area contributed by atoms with E-state index in [1.165, 1.54) is 31.7 Å². The molecule has 1 aromatic heterocycles. The second kappa shape index (κ2) is 5.26. The van der Waals surface area contributed by atoms with Crippen LogP contribution in [-0.4, -0.2) is 6.54 Å². The van der Waals surface area contributed by atoms with Crippen molar-refractivity contribution in [2.24, 2.45) is 0 Å². The van der Waals surface area contributed by atoms with Crippen molar-refractivity contribution in [1.82, 2.24) is 5.32 Å². The smallest absolute Gasteiger partial charge is 0.0378 e. The first-order valence-electron chi connectivity index (χ1n) is 7.08. The summed E-state index contributed by atoms with van der Waals surface area (Å²) in [5, 5.41) is 4.94. The summed E-state index contributed by atoms with van der Waals surface area (Å²) >= 11 is 1.96. The Balaban J connectivity index is 2.70. The molecule has 0 saturated carbocycles. The third-order valence-corrected chi connectivity index (χ3v) is 4.82. The molecule has 2 rings (SSSR count). The van der Waals surface area contributed by atoms with Gasteiger partial charge in [0.15, 0.2) is 0 Å². The van der Waals surface area contributed by atoms with Crippen molar-refractivity contribution in [3.05, 3.63) is 33.7 Å². The molecule has 0 spiro atoms. The molecule has 0 unspecified atom stereocenters. The minimum atomic E-state index is 0.198. The van der Waals surface area contributed by atoms with Crippen molar-refractivity contribution >= 4 is 21.4 Å². The zero-order valence-corrected chi connectivity index (χ0v) is 13.8. The van der Waals surface area contributed by atoms with E-state index in [-0.39, 0.29) is 5.41 Å². The van der Waals surface area contributed by atoms with Gasteiger partial charge in [0.1, 0.15) is 0 Å². The maximum absolute atomic E-state index is 3.48. The predicted octanol–water partition coefficient (Wildman–Crippen LogP) is 4.93. The van der Waals surface area contributed by atoms with Crippen LogP contribution in [0, 0.1) is 13.8 Å². The van der Waals surface area contributed by atoms with Crippen LogP contribution in [0.5, 0.6) is 0 Å². The largest absolute Gasteiger partial charge is 0.312 e. The number of fused-ring (bicyclic) bond motifs is 1. The van der Waals surface area contributed by atoms with Gasteiger partial charge in [0.2, 0.25) is 0 Å². The van der Waals surface area contributed by atoms with Gasteiger partial charge in [0.05, 0.1) is 0 Å². The second-order valence-electron chi connectivity index (χ2n) is 6.39. The Bertz CT molecular complexity index is 587. The second-order valence-corrected chi connectivity index (χ2v) is 7.49. The first-order chi connectivity index (χ1) is 8.84. The highest BCUT2D eigenvalue weighted by molar-refractivity contribution is 7.19. The zero-order chi connectivity index (χ0) is 14.2. The van der Waals surface area contributed by atoms with E-state index in [9.17, 15) is 0 Å². The molecule has 0 aliphatic heterocycles. The molecule has 19 heavy (non-hydrogen) atoms. The first-order valence-corrected chi connectivity index (χ1v) is 7.90. The highest BCUT2D eigenvalue weighted by atomic mass is 32.1. The molecular formula is C17H25NS. The van der Waals surface area contributed by atoms with E-state index in [0.717, 1.165) is 13.1 Å². The van der Waals surface area contributed by atoms with Gasteiger partial charge in [0, 0.05) is 16.1 Å². The Morgan fingerprint density at radius 1 is 1.16 bits per heavy atom. The number of thiophene rings is 1. The van der Waals surface area contributed by atoms with Crippen LogP contribution in [0.25, 0.3) is 10.1 Å². The average Bonchev–Trinajstić information content (AvgIpc) is 2.64. The summed E-state index contributed by atoms with van der Waals surface area (Å²) in [4.78, 5) is 1.50. The van der Waals surface area contributed by atoms with E-state index in [1.807, 2.05) is 11.3 Å². The topological polar surface area (TPSA) is 12.0 Å². The maximum atomic E-state index is 3.48. The summed E-state index contributed by atoms with van der Waals surface area (Å²) in [6.07, 6.45) is 0. The highest BCUT2D eigenvalue weighted by Gasteiger charge is 2.24. The lowest BCUT2D eigenvalue weighted by molar-refractivity contribution is 0.585. The summed E-state index contributed by atoms with van der Waals surface area (Å²) in [6, 6.07) is 4.65. The van der Waals surface area contributed by atoms with Crippen molar-refractivity contribution in [3.63, 3.8) is 0 Å². The lowest BCUT2D eigenvalue weighted by atomic mass is 9.84. The first kappa shape index (κ1) is 14.5. The highest BCUT2D eigenvalue weighted by Crippen LogP contribution is 2.40. The van der Waals surface area contributed by atoms with Gasteiger partial charge in [-0.15, -0.1) is 11.3 Å². The quantitative estimate of drug-likeness (QED) is 0.838. The number of nitrogens with one attached hydrogen (secondary N) is 1. The lowest BCUT2D eigenvalue weighted by Crippen LogP contribution is -2.17. The molecule has 0 fully saturated rings. The van der Waals surface area contributed by atoms with Crippen molar-refractivity contribution in [2.45, 2.75) is 53.5 Å². The number of hydrogen-bond acceptors (Lipinski definition) is 2. The monoisotopic (exact) mass is 275 g/mol. The standard InChI is InChI=1S/C17H25NS/c1-7-18-10-14-15(17(4,5)6)13-9-11(2)8-12(3)16(13)19-14/h8-9,18H,7,10H2,1-6H3. The number of hydrogen-bond donors (Lipinski definition) is 1. The molecule has 0 saturated heterocycles. The van der Waals surface area contributed by atoms with Crippen LogP contribution in [0.3, 0.4) is 0 Å². The molecule has 1 N–H and O–H groups in total. The van der Waals surface area contributed by atoms with E-state index >= 15 is 0 Å². The normalized spacial score (nSPS) is 12.3. The third-order valence-electron chi connectivity index (χ3n) is 3.48. The minimum absolute atomic E-state index is 0.198. The Morgan fingerprint density at radius 3 is 2.42 bits per heavy atom. The minimum Gasteiger partial charge on any atom is -0.312 e. The molecule has 2 aromatic rings. The van der Waals surface area contributed by atoms with Crippen LogP contribution in [0.15, 0.2) is 12.1 Å². The molecule has 1 aromatic carbocycles. The van der Waals surface area contributed by atoms with Crippen LogP contribution in [-0.2, 0) is 12.0 Å².